The molecule has 25 heavy (non-hydrogen) atoms. The molecule has 0 amide bonds. The monoisotopic (exact) mass is 369 g/mol. The van der Waals surface area contributed by atoms with Crippen LogP contribution in [-0.4, -0.2) is 48.6 Å². The summed E-state index contributed by atoms with van der Waals surface area (Å²) >= 11 is 0. The van der Waals surface area contributed by atoms with Gasteiger partial charge in [-0.3, -0.25) is 9.59 Å². The number of carbonyl (C=O) groups is 2. The van der Waals surface area contributed by atoms with Gasteiger partial charge in [0.2, 0.25) is 10.0 Å². The zero-order chi connectivity index (χ0) is 18.7. The van der Waals surface area contributed by atoms with E-state index in [-0.39, 0.29) is 18.8 Å². The minimum atomic E-state index is -3.51. The summed E-state index contributed by atoms with van der Waals surface area (Å²) in [5.41, 5.74) is 0.151. The molecule has 0 saturated carbocycles. The largest absolute Gasteiger partial charge is 0.461 e. The third-order valence-electron chi connectivity index (χ3n) is 3.52. The second-order valence-corrected chi connectivity index (χ2v) is 8.88. The molecule has 1 aromatic carbocycles. The van der Waals surface area contributed by atoms with Crippen molar-refractivity contribution in [3.8, 4) is 0 Å². The maximum atomic E-state index is 11.9. The van der Waals surface area contributed by atoms with Gasteiger partial charge in [0.25, 0.3) is 0 Å². The molecule has 8 heteroatoms. The minimum absolute atomic E-state index is 0.0884. The highest BCUT2D eigenvalue weighted by Crippen LogP contribution is 2.25. The lowest BCUT2D eigenvalue weighted by Crippen LogP contribution is -2.59. The lowest BCUT2D eigenvalue weighted by Gasteiger charge is -2.38. The molecule has 1 unspecified atom stereocenters. The third kappa shape index (κ3) is 5.82. The second-order valence-electron chi connectivity index (χ2n) is 6.91. The molecule has 0 radical (unpaired) electrons. The van der Waals surface area contributed by atoms with Crippen LogP contribution in [0.3, 0.4) is 0 Å². The lowest BCUT2D eigenvalue weighted by molar-refractivity contribution is -0.156. The average Bonchev–Trinajstić information content (AvgIpc) is 2.49. The Morgan fingerprint density at radius 3 is 2.36 bits per heavy atom. The Balaban J connectivity index is 1.86. The van der Waals surface area contributed by atoms with Crippen LogP contribution < -0.4 is 0 Å². The third-order valence-corrected chi connectivity index (χ3v) is 5.47. The van der Waals surface area contributed by atoms with Crippen molar-refractivity contribution in [2.24, 2.45) is 0 Å². The molecule has 2 rings (SSSR count). The highest BCUT2D eigenvalue weighted by Gasteiger charge is 2.45. The molecular formula is C17H23NO6S. The van der Waals surface area contributed by atoms with Crippen LogP contribution in [0.5, 0.6) is 0 Å². The Kier molecular flexibility index (Phi) is 5.84. The van der Waals surface area contributed by atoms with Gasteiger partial charge in [0.1, 0.15) is 18.8 Å². The van der Waals surface area contributed by atoms with Crippen LogP contribution >= 0.6 is 0 Å². The fourth-order valence-corrected chi connectivity index (χ4v) is 4.07. The van der Waals surface area contributed by atoms with Crippen molar-refractivity contribution in [3.05, 3.63) is 35.9 Å². The van der Waals surface area contributed by atoms with Gasteiger partial charge < -0.3 is 9.47 Å². The number of rotatable bonds is 6. The zero-order valence-corrected chi connectivity index (χ0v) is 15.4. The average molecular weight is 369 g/mol. The van der Waals surface area contributed by atoms with Gasteiger partial charge in [0.05, 0.1) is 18.2 Å². The van der Waals surface area contributed by atoms with Gasteiger partial charge >= 0.3 is 11.9 Å². The molecule has 1 atom stereocenters. The van der Waals surface area contributed by atoms with Crippen LogP contribution in [0.4, 0.5) is 0 Å². The fourth-order valence-electron chi connectivity index (χ4n) is 2.44. The van der Waals surface area contributed by atoms with Crippen molar-refractivity contribution >= 4 is 22.0 Å². The van der Waals surface area contributed by atoms with Crippen LogP contribution in [-0.2, 0) is 35.7 Å². The van der Waals surface area contributed by atoms with E-state index in [1.165, 1.54) is 0 Å². The SMILES string of the molecule is CC(C)(C)OC(=O)CN1C(CC(=O)OCc2ccccc2)CS1(=O)=O. The molecule has 1 heterocycles. The lowest BCUT2D eigenvalue weighted by atomic mass is 10.2. The summed E-state index contributed by atoms with van der Waals surface area (Å²) in [4.78, 5) is 23.8. The van der Waals surface area contributed by atoms with Gasteiger partial charge in [-0.1, -0.05) is 30.3 Å². The Hall–Kier alpha value is -1.93. The summed E-state index contributed by atoms with van der Waals surface area (Å²) in [6, 6.07) is 8.63. The molecule has 0 N–H and O–H groups in total. The molecule has 0 aromatic heterocycles. The maximum Gasteiger partial charge on any atom is 0.321 e. The quantitative estimate of drug-likeness (QED) is 0.706. The predicted molar refractivity (Wildman–Crippen MR) is 91.0 cm³/mol. The first-order valence-electron chi connectivity index (χ1n) is 7.98. The van der Waals surface area contributed by atoms with Crippen LogP contribution in [0.1, 0.15) is 32.8 Å². The van der Waals surface area contributed by atoms with Gasteiger partial charge in [-0.15, -0.1) is 0 Å². The van der Waals surface area contributed by atoms with Crippen LogP contribution in [0.15, 0.2) is 30.3 Å². The molecule has 1 fully saturated rings. The van der Waals surface area contributed by atoms with Gasteiger partial charge in [-0.25, -0.2) is 8.42 Å². The van der Waals surface area contributed by atoms with Crippen LogP contribution in [0.2, 0.25) is 0 Å². The normalized spacial score (nSPS) is 19.7. The van der Waals surface area contributed by atoms with E-state index in [9.17, 15) is 18.0 Å². The number of nitrogens with zero attached hydrogens (tertiary/aromatic N) is 1. The Morgan fingerprint density at radius 1 is 1.16 bits per heavy atom. The number of ether oxygens (including phenoxy) is 2. The van der Waals surface area contributed by atoms with Crippen molar-refractivity contribution in [2.45, 2.75) is 45.4 Å². The standard InChI is InChI=1S/C17H23NO6S/c1-17(2,3)24-16(20)10-18-14(12-25(18,21)22)9-15(19)23-11-13-7-5-4-6-8-13/h4-8,14H,9-12H2,1-3H3. The Bertz CT molecular complexity index is 723. The molecule has 0 bridgehead atoms. The number of hydrogen-bond donors (Lipinski definition) is 0. The number of carbonyl (C=O) groups excluding carboxylic acids is 2. The van der Waals surface area contributed by atoms with Crippen molar-refractivity contribution in [1.82, 2.24) is 4.31 Å². The second kappa shape index (κ2) is 7.53. The molecule has 1 aliphatic rings. The molecule has 0 spiro atoms. The molecule has 1 saturated heterocycles. The van der Waals surface area contributed by atoms with E-state index in [0.29, 0.717) is 0 Å². The van der Waals surface area contributed by atoms with E-state index >= 15 is 0 Å². The van der Waals surface area contributed by atoms with Crippen molar-refractivity contribution in [1.29, 1.82) is 0 Å². The molecule has 1 aliphatic heterocycles. The van der Waals surface area contributed by atoms with Crippen molar-refractivity contribution in [3.63, 3.8) is 0 Å². The van der Waals surface area contributed by atoms with Crippen molar-refractivity contribution in [2.75, 3.05) is 12.3 Å². The molecule has 7 nitrogen and oxygen atoms in total. The number of sulfonamides is 1. The van der Waals surface area contributed by atoms with Crippen LogP contribution in [0, 0.1) is 0 Å². The first-order valence-corrected chi connectivity index (χ1v) is 9.59. The minimum Gasteiger partial charge on any atom is -0.461 e. The molecular weight excluding hydrogens is 346 g/mol. The fraction of sp³-hybridized carbons (Fsp3) is 0.529. The molecule has 1 aromatic rings. The first-order chi connectivity index (χ1) is 11.6. The summed E-state index contributed by atoms with van der Waals surface area (Å²) < 4.78 is 35.0. The van der Waals surface area contributed by atoms with E-state index in [1.807, 2.05) is 30.3 Å². The number of hydrogen-bond acceptors (Lipinski definition) is 6. The topological polar surface area (TPSA) is 90.0 Å². The smallest absolute Gasteiger partial charge is 0.321 e. The number of benzene rings is 1. The van der Waals surface area contributed by atoms with E-state index in [4.69, 9.17) is 9.47 Å². The van der Waals surface area contributed by atoms with E-state index in [2.05, 4.69) is 0 Å². The van der Waals surface area contributed by atoms with Gasteiger partial charge in [-0.2, -0.15) is 4.31 Å². The summed E-state index contributed by atoms with van der Waals surface area (Å²) in [7, 11) is -3.51. The maximum absolute atomic E-state index is 11.9. The number of esters is 2. The van der Waals surface area contributed by atoms with E-state index in [0.717, 1.165) is 9.87 Å². The zero-order valence-electron chi connectivity index (χ0n) is 14.6. The predicted octanol–water partition coefficient (Wildman–Crippen LogP) is 1.48. The Labute approximate surface area is 148 Å². The summed E-state index contributed by atoms with van der Waals surface area (Å²) in [5.74, 6) is -1.31. The van der Waals surface area contributed by atoms with Gasteiger partial charge in [0.15, 0.2) is 0 Å². The Morgan fingerprint density at radius 2 is 1.80 bits per heavy atom. The summed E-state index contributed by atoms with van der Waals surface area (Å²) in [6.45, 7) is 4.84. The van der Waals surface area contributed by atoms with Crippen molar-refractivity contribution < 1.29 is 27.5 Å². The highest BCUT2D eigenvalue weighted by molar-refractivity contribution is 7.90. The molecule has 138 valence electrons. The summed E-state index contributed by atoms with van der Waals surface area (Å²) in [6.07, 6.45) is -0.0884. The van der Waals surface area contributed by atoms with Crippen LogP contribution in [0.25, 0.3) is 0 Å². The first kappa shape index (κ1) is 19.4. The van der Waals surface area contributed by atoms with E-state index in [1.54, 1.807) is 20.8 Å². The molecule has 0 aliphatic carbocycles. The summed E-state index contributed by atoms with van der Waals surface area (Å²) in [5, 5.41) is 0. The van der Waals surface area contributed by atoms with E-state index < -0.39 is 40.1 Å². The van der Waals surface area contributed by atoms with Gasteiger partial charge in [0, 0.05) is 0 Å². The highest BCUT2D eigenvalue weighted by atomic mass is 32.2. The van der Waals surface area contributed by atoms with Gasteiger partial charge in [-0.05, 0) is 26.3 Å².